The standard InChI is InChI=1S/C14H17ClN4O/c1-2-13-17-14(18-20-13)12-4-3-7-19(12)9-10-5-6-16-8-11(10)15/h5-6,8,12H,2-4,7,9H2,1H3/t12-/m1/s1. The summed E-state index contributed by atoms with van der Waals surface area (Å²) in [5.74, 6) is 1.50. The summed E-state index contributed by atoms with van der Waals surface area (Å²) < 4.78 is 5.22. The lowest BCUT2D eigenvalue weighted by Crippen LogP contribution is -2.23. The van der Waals surface area contributed by atoms with Crippen LogP contribution in [0.1, 0.15) is 43.1 Å². The average Bonchev–Trinajstić information content (AvgIpc) is 3.09. The predicted octanol–water partition coefficient (Wildman–Crippen LogP) is 3.02. The number of nitrogens with zero attached hydrogens (tertiary/aromatic N) is 4. The van der Waals surface area contributed by atoms with Gasteiger partial charge in [0.25, 0.3) is 0 Å². The fourth-order valence-corrected chi connectivity index (χ4v) is 2.78. The van der Waals surface area contributed by atoms with E-state index < -0.39 is 0 Å². The van der Waals surface area contributed by atoms with Crippen molar-refractivity contribution >= 4 is 11.6 Å². The molecule has 1 fully saturated rings. The van der Waals surface area contributed by atoms with Crippen LogP contribution in [-0.2, 0) is 13.0 Å². The zero-order valence-corrected chi connectivity index (χ0v) is 12.2. The van der Waals surface area contributed by atoms with E-state index in [2.05, 4.69) is 20.0 Å². The van der Waals surface area contributed by atoms with Crippen molar-refractivity contribution < 1.29 is 4.52 Å². The van der Waals surface area contributed by atoms with Gasteiger partial charge in [0, 0.05) is 25.4 Å². The van der Waals surface area contributed by atoms with Gasteiger partial charge in [0.2, 0.25) is 5.89 Å². The van der Waals surface area contributed by atoms with Crippen molar-refractivity contribution in [3.8, 4) is 0 Å². The highest BCUT2D eigenvalue weighted by Gasteiger charge is 2.30. The third kappa shape index (κ3) is 2.69. The number of pyridine rings is 1. The van der Waals surface area contributed by atoms with Crippen LogP contribution >= 0.6 is 11.6 Å². The van der Waals surface area contributed by atoms with Crippen LogP contribution in [0.3, 0.4) is 0 Å². The Morgan fingerprint density at radius 1 is 1.50 bits per heavy atom. The van der Waals surface area contributed by atoms with Crippen LogP contribution in [-0.4, -0.2) is 26.6 Å². The lowest BCUT2D eigenvalue weighted by atomic mass is 10.2. The predicted molar refractivity (Wildman–Crippen MR) is 75.3 cm³/mol. The first-order chi connectivity index (χ1) is 9.78. The second kappa shape index (κ2) is 5.89. The van der Waals surface area contributed by atoms with E-state index in [4.69, 9.17) is 16.1 Å². The van der Waals surface area contributed by atoms with Gasteiger partial charge in [-0.2, -0.15) is 4.98 Å². The largest absolute Gasteiger partial charge is 0.339 e. The van der Waals surface area contributed by atoms with E-state index in [-0.39, 0.29) is 6.04 Å². The van der Waals surface area contributed by atoms with Crippen LogP contribution in [0, 0.1) is 0 Å². The van der Waals surface area contributed by atoms with E-state index in [0.717, 1.165) is 43.7 Å². The molecule has 0 spiro atoms. The topological polar surface area (TPSA) is 55.1 Å². The summed E-state index contributed by atoms with van der Waals surface area (Å²) in [6, 6.07) is 2.19. The zero-order valence-electron chi connectivity index (χ0n) is 11.4. The van der Waals surface area contributed by atoms with Crippen molar-refractivity contribution in [3.05, 3.63) is 40.8 Å². The fourth-order valence-electron chi connectivity index (χ4n) is 2.61. The van der Waals surface area contributed by atoms with Crippen molar-refractivity contribution in [2.45, 2.75) is 38.8 Å². The Bertz CT molecular complexity index is 586. The molecule has 2 aromatic rings. The first-order valence-electron chi connectivity index (χ1n) is 6.93. The van der Waals surface area contributed by atoms with E-state index in [1.807, 2.05) is 13.0 Å². The molecule has 0 unspecified atom stereocenters. The molecule has 6 heteroatoms. The molecule has 0 aromatic carbocycles. The SMILES string of the molecule is CCc1nc([C@H]2CCCN2Cc2ccncc2Cl)no1. The van der Waals surface area contributed by atoms with E-state index in [1.165, 1.54) is 0 Å². The summed E-state index contributed by atoms with van der Waals surface area (Å²) in [6.07, 6.45) is 6.44. The van der Waals surface area contributed by atoms with Crippen molar-refractivity contribution in [3.63, 3.8) is 0 Å². The van der Waals surface area contributed by atoms with Crippen molar-refractivity contribution in [1.82, 2.24) is 20.0 Å². The minimum Gasteiger partial charge on any atom is -0.339 e. The maximum atomic E-state index is 6.18. The van der Waals surface area contributed by atoms with Gasteiger partial charge >= 0.3 is 0 Å². The van der Waals surface area contributed by atoms with E-state index in [1.54, 1.807) is 12.4 Å². The number of rotatable bonds is 4. The summed E-state index contributed by atoms with van der Waals surface area (Å²) in [5, 5.41) is 4.82. The van der Waals surface area contributed by atoms with Gasteiger partial charge in [-0.05, 0) is 31.0 Å². The molecule has 1 atom stereocenters. The Morgan fingerprint density at radius 3 is 3.15 bits per heavy atom. The Kier molecular flexibility index (Phi) is 3.98. The number of halogens is 1. The number of likely N-dealkylation sites (tertiary alicyclic amines) is 1. The third-order valence-corrected chi connectivity index (χ3v) is 4.02. The summed E-state index contributed by atoms with van der Waals surface area (Å²) in [4.78, 5) is 10.8. The molecule has 3 heterocycles. The highest BCUT2D eigenvalue weighted by Crippen LogP contribution is 2.32. The molecule has 5 nitrogen and oxygen atoms in total. The van der Waals surface area contributed by atoms with Crippen LogP contribution < -0.4 is 0 Å². The second-order valence-electron chi connectivity index (χ2n) is 5.00. The quantitative estimate of drug-likeness (QED) is 0.867. The maximum Gasteiger partial charge on any atom is 0.226 e. The minimum atomic E-state index is 0.225. The number of hydrogen-bond donors (Lipinski definition) is 0. The zero-order chi connectivity index (χ0) is 13.9. The maximum absolute atomic E-state index is 6.18. The lowest BCUT2D eigenvalue weighted by Gasteiger charge is -2.22. The van der Waals surface area contributed by atoms with Crippen molar-refractivity contribution in [2.75, 3.05) is 6.54 Å². The normalized spacial score (nSPS) is 19.6. The summed E-state index contributed by atoms with van der Waals surface area (Å²) >= 11 is 6.18. The molecule has 20 heavy (non-hydrogen) atoms. The molecule has 0 N–H and O–H groups in total. The molecule has 1 aliphatic heterocycles. The smallest absolute Gasteiger partial charge is 0.226 e. The van der Waals surface area contributed by atoms with Gasteiger partial charge in [-0.25, -0.2) is 0 Å². The second-order valence-corrected chi connectivity index (χ2v) is 5.40. The molecule has 1 aliphatic rings. The minimum absolute atomic E-state index is 0.225. The van der Waals surface area contributed by atoms with Gasteiger partial charge in [-0.15, -0.1) is 0 Å². The first-order valence-corrected chi connectivity index (χ1v) is 7.30. The summed E-state index contributed by atoms with van der Waals surface area (Å²) in [5.41, 5.74) is 1.09. The number of aromatic nitrogens is 3. The molecule has 0 bridgehead atoms. The van der Waals surface area contributed by atoms with Gasteiger partial charge in [0.1, 0.15) is 0 Å². The molecule has 1 saturated heterocycles. The Morgan fingerprint density at radius 2 is 2.40 bits per heavy atom. The van der Waals surface area contributed by atoms with Gasteiger partial charge in [0.15, 0.2) is 5.82 Å². The molecule has 2 aromatic heterocycles. The highest BCUT2D eigenvalue weighted by atomic mass is 35.5. The Balaban J connectivity index is 1.77. The molecule has 0 radical (unpaired) electrons. The van der Waals surface area contributed by atoms with Crippen molar-refractivity contribution in [1.29, 1.82) is 0 Å². The summed E-state index contributed by atoms with van der Waals surface area (Å²) in [6.45, 7) is 3.84. The van der Waals surface area contributed by atoms with Crippen LogP contribution in [0.2, 0.25) is 5.02 Å². The first kappa shape index (κ1) is 13.5. The fraction of sp³-hybridized carbons (Fsp3) is 0.500. The lowest BCUT2D eigenvalue weighted by molar-refractivity contribution is 0.234. The molecule has 0 amide bonds. The Hall–Kier alpha value is -1.46. The molecule has 0 saturated carbocycles. The average molecular weight is 293 g/mol. The van der Waals surface area contributed by atoms with Crippen molar-refractivity contribution in [2.24, 2.45) is 0 Å². The Labute approximate surface area is 123 Å². The van der Waals surface area contributed by atoms with Crippen LogP contribution in [0.4, 0.5) is 0 Å². The van der Waals surface area contributed by atoms with Crippen LogP contribution in [0.15, 0.2) is 23.0 Å². The van der Waals surface area contributed by atoms with E-state index in [9.17, 15) is 0 Å². The monoisotopic (exact) mass is 292 g/mol. The summed E-state index contributed by atoms with van der Waals surface area (Å²) in [7, 11) is 0. The van der Waals surface area contributed by atoms with Gasteiger partial charge in [-0.1, -0.05) is 23.7 Å². The van der Waals surface area contributed by atoms with Gasteiger partial charge < -0.3 is 4.52 Å². The third-order valence-electron chi connectivity index (χ3n) is 3.68. The number of hydrogen-bond acceptors (Lipinski definition) is 5. The highest BCUT2D eigenvalue weighted by molar-refractivity contribution is 6.31. The molecular weight excluding hydrogens is 276 g/mol. The van der Waals surface area contributed by atoms with Gasteiger partial charge in [0.05, 0.1) is 11.1 Å². The van der Waals surface area contributed by atoms with Crippen LogP contribution in [0.25, 0.3) is 0 Å². The van der Waals surface area contributed by atoms with E-state index in [0.29, 0.717) is 10.9 Å². The molecule has 0 aliphatic carbocycles. The van der Waals surface area contributed by atoms with Crippen LogP contribution in [0.5, 0.6) is 0 Å². The molecule has 106 valence electrons. The molecular formula is C14H17ClN4O. The number of aryl methyl sites for hydroxylation is 1. The van der Waals surface area contributed by atoms with E-state index >= 15 is 0 Å². The molecule has 3 rings (SSSR count). The van der Waals surface area contributed by atoms with Gasteiger partial charge in [-0.3, -0.25) is 9.88 Å².